The third kappa shape index (κ3) is 5.24. The van der Waals surface area contributed by atoms with Crippen molar-refractivity contribution in [3.05, 3.63) is 81.8 Å². The lowest BCUT2D eigenvalue weighted by molar-refractivity contribution is -0.113. The molecule has 0 fully saturated rings. The number of ether oxygens (including phenoxy) is 1. The van der Waals surface area contributed by atoms with Gasteiger partial charge in [-0.25, -0.2) is 8.78 Å². The van der Waals surface area contributed by atoms with E-state index in [0.29, 0.717) is 33.4 Å². The number of aromatic nitrogens is 3. The van der Waals surface area contributed by atoms with Gasteiger partial charge in [-0.3, -0.25) is 9.36 Å². The maximum absolute atomic E-state index is 14.1. The van der Waals surface area contributed by atoms with Gasteiger partial charge in [0.25, 0.3) is 0 Å². The largest absolute Gasteiger partial charge is 0.496 e. The topological polar surface area (TPSA) is 69.0 Å². The maximum Gasteiger partial charge on any atom is 0.234 e. The molecular weight excluding hydrogens is 550 g/mol. The quantitative estimate of drug-likeness (QED) is 0.264. The molecule has 6 nitrogen and oxygen atoms in total. The highest BCUT2D eigenvalue weighted by atomic mass is 79.9. The highest BCUT2D eigenvalue weighted by Crippen LogP contribution is 2.34. The van der Waals surface area contributed by atoms with E-state index in [4.69, 9.17) is 16.3 Å². The van der Waals surface area contributed by atoms with Crippen LogP contribution in [0.1, 0.15) is 0 Å². The van der Waals surface area contributed by atoms with Crippen LogP contribution in [-0.2, 0) is 4.79 Å². The smallest absolute Gasteiger partial charge is 0.234 e. The van der Waals surface area contributed by atoms with E-state index < -0.39 is 17.5 Å². The number of nitrogens with one attached hydrogen (secondary N) is 1. The molecule has 1 N–H and O–H groups in total. The second-order valence-corrected chi connectivity index (χ2v) is 9.13. The molecule has 1 amide bonds. The molecule has 0 atom stereocenters. The molecular formula is C23H16BrClF2N4O2S. The van der Waals surface area contributed by atoms with Crippen LogP contribution in [0.4, 0.5) is 14.5 Å². The summed E-state index contributed by atoms with van der Waals surface area (Å²) < 4.78 is 34.8. The Hall–Kier alpha value is -2.95. The van der Waals surface area contributed by atoms with Crippen molar-refractivity contribution in [1.29, 1.82) is 0 Å². The summed E-state index contributed by atoms with van der Waals surface area (Å²) >= 11 is 10.2. The van der Waals surface area contributed by atoms with Gasteiger partial charge in [-0.05, 0) is 58.4 Å². The summed E-state index contributed by atoms with van der Waals surface area (Å²) in [6.07, 6.45) is 0. The van der Waals surface area contributed by atoms with Crippen LogP contribution < -0.4 is 10.1 Å². The first-order valence-electron chi connectivity index (χ1n) is 9.79. The third-order valence-corrected chi connectivity index (χ3v) is 6.48. The maximum atomic E-state index is 14.1. The van der Waals surface area contributed by atoms with Crippen molar-refractivity contribution < 1.29 is 18.3 Å². The number of anilines is 1. The van der Waals surface area contributed by atoms with Crippen molar-refractivity contribution in [2.24, 2.45) is 0 Å². The SMILES string of the molecule is COc1ccccc1-c1nnc(SCC(=O)Nc2c(F)cc(F)cc2Br)n1-c1ccc(Cl)cc1. The van der Waals surface area contributed by atoms with E-state index in [1.165, 1.54) is 0 Å². The van der Waals surface area contributed by atoms with E-state index in [0.717, 1.165) is 23.5 Å². The number of carbonyl (C=O) groups is 1. The van der Waals surface area contributed by atoms with E-state index >= 15 is 0 Å². The molecule has 1 aromatic heterocycles. The van der Waals surface area contributed by atoms with Gasteiger partial charge in [0.15, 0.2) is 16.8 Å². The number of hydrogen-bond donors (Lipinski definition) is 1. The summed E-state index contributed by atoms with van der Waals surface area (Å²) in [6.45, 7) is 0. The van der Waals surface area contributed by atoms with Crippen LogP contribution in [0.5, 0.6) is 5.75 Å². The average Bonchev–Trinajstić information content (AvgIpc) is 3.24. The van der Waals surface area contributed by atoms with Crippen LogP contribution in [0, 0.1) is 11.6 Å². The van der Waals surface area contributed by atoms with Gasteiger partial charge in [-0.2, -0.15) is 0 Å². The molecule has 4 rings (SSSR count). The molecule has 0 saturated carbocycles. The van der Waals surface area contributed by atoms with E-state index in [1.807, 2.05) is 24.3 Å². The molecule has 0 spiro atoms. The lowest BCUT2D eigenvalue weighted by Crippen LogP contribution is -2.16. The Morgan fingerprint density at radius 3 is 2.59 bits per heavy atom. The van der Waals surface area contributed by atoms with Crippen LogP contribution in [0.2, 0.25) is 5.02 Å². The van der Waals surface area contributed by atoms with Crippen LogP contribution >= 0.6 is 39.3 Å². The number of carbonyl (C=O) groups excluding carboxylic acids is 1. The van der Waals surface area contributed by atoms with E-state index in [2.05, 4.69) is 31.4 Å². The zero-order valence-electron chi connectivity index (χ0n) is 17.6. The van der Waals surface area contributed by atoms with Crippen LogP contribution in [0.15, 0.2) is 70.3 Å². The van der Waals surface area contributed by atoms with Gasteiger partial charge < -0.3 is 10.1 Å². The summed E-state index contributed by atoms with van der Waals surface area (Å²) in [4.78, 5) is 12.5. The van der Waals surface area contributed by atoms with Crippen molar-refractivity contribution in [3.63, 3.8) is 0 Å². The molecule has 34 heavy (non-hydrogen) atoms. The predicted molar refractivity (Wildman–Crippen MR) is 132 cm³/mol. The summed E-state index contributed by atoms with van der Waals surface area (Å²) in [7, 11) is 1.56. The number of hydrogen-bond acceptors (Lipinski definition) is 5. The number of methoxy groups -OCH3 is 1. The Labute approximate surface area is 211 Å². The number of amides is 1. The Morgan fingerprint density at radius 1 is 1.15 bits per heavy atom. The number of para-hydroxylation sites is 1. The molecule has 0 aliphatic heterocycles. The summed E-state index contributed by atoms with van der Waals surface area (Å²) in [5, 5.41) is 12.0. The summed E-state index contributed by atoms with van der Waals surface area (Å²) in [5.74, 6) is -1.11. The zero-order chi connectivity index (χ0) is 24.2. The molecule has 0 unspecified atom stereocenters. The normalized spacial score (nSPS) is 10.9. The first-order valence-corrected chi connectivity index (χ1v) is 11.9. The van der Waals surface area contributed by atoms with Crippen molar-refractivity contribution in [1.82, 2.24) is 14.8 Å². The summed E-state index contributed by atoms with van der Waals surface area (Å²) in [5.41, 5.74) is 1.30. The molecule has 1 heterocycles. The van der Waals surface area contributed by atoms with Gasteiger partial charge in [-0.1, -0.05) is 35.5 Å². The fourth-order valence-corrected chi connectivity index (χ4v) is 4.54. The molecule has 0 radical (unpaired) electrons. The number of rotatable bonds is 7. The van der Waals surface area contributed by atoms with E-state index in [-0.39, 0.29) is 15.9 Å². The van der Waals surface area contributed by atoms with Gasteiger partial charge >= 0.3 is 0 Å². The number of nitrogens with zero attached hydrogens (tertiary/aromatic N) is 3. The predicted octanol–water partition coefficient (Wildman–Crippen LogP) is 6.37. The number of halogens is 4. The van der Waals surface area contributed by atoms with Crippen LogP contribution in [0.25, 0.3) is 17.1 Å². The lowest BCUT2D eigenvalue weighted by Gasteiger charge is -2.13. The van der Waals surface area contributed by atoms with Crippen LogP contribution in [0.3, 0.4) is 0 Å². The van der Waals surface area contributed by atoms with Crippen molar-refractivity contribution in [2.75, 3.05) is 18.2 Å². The van der Waals surface area contributed by atoms with Crippen LogP contribution in [-0.4, -0.2) is 33.5 Å². The molecule has 0 aliphatic rings. The first-order chi connectivity index (χ1) is 16.4. The molecule has 174 valence electrons. The van der Waals surface area contributed by atoms with Gasteiger partial charge in [0.05, 0.1) is 24.1 Å². The second-order valence-electron chi connectivity index (χ2n) is 6.90. The monoisotopic (exact) mass is 564 g/mol. The Balaban J connectivity index is 1.64. The van der Waals surface area contributed by atoms with Gasteiger partial charge in [-0.15, -0.1) is 10.2 Å². The molecule has 11 heteroatoms. The molecule has 0 bridgehead atoms. The van der Waals surface area contributed by atoms with E-state index in [9.17, 15) is 13.6 Å². The minimum absolute atomic E-state index is 0.0963. The average molecular weight is 566 g/mol. The summed E-state index contributed by atoms with van der Waals surface area (Å²) in [6, 6.07) is 16.2. The first kappa shape index (κ1) is 24.2. The molecule has 3 aromatic carbocycles. The fourth-order valence-electron chi connectivity index (χ4n) is 3.16. The highest BCUT2D eigenvalue weighted by molar-refractivity contribution is 9.10. The van der Waals surface area contributed by atoms with Gasteiger partial charge in [0.2, 0.25) is 5.91 Å². The van der Waals surface area contributed by atoms with Crippen molar-refractivity contribution in [3.8, 4) is 22.8 Å². The van der Waals surface area contributed by atoms with Crippen molar-refractivity contribution >= 4 is 50.9 Å². The highest BCUT2D eigenvalue weighted by Gasteiger charge is 2.20. The molecule has 0 saturated heterocycles. The van der Waals surface area contributed by atoms with Gasteiger partial charge in [0.1, 0.15) is 11.6 Å². The Bertz CT molecular complexity index is 1330. The Kier molecular flexibility index (Phi) is 7.50. The third-order valence-electron chi connectivity index (χ3n) is 4.67. The minimum Gasteiger partial charge on any atom is -0.496 e. The standard InChI is InChI=1S/C23H16BrClF2N4O2S/c1-33-19-5-3-2-4-16(19)22-29-30-23(31(22)15-8-6-13(25)7-9-15)34-12-20(32)28-21-17(24)10-14(26)11-18(21)27/h2-11H,12H2,1H3,(H,28,32). The second kappa shape index (κ2) is 10.5. The Morgan fingerprint density at radius 2 is 1.88 bits per heavy atom. The molecule has 4 aromatic rings. The van der Waals surface area contributed by atoms with Crippen molar-refractivity contribution in [2.45, 2.75) is 5.16 Å². The van der Waals surface area contributed by atoms with E-state index in [1.54, 1.807) is 35.9 Å². The number of benzene rings is 3. The zero-order valence-corrected chi connectivity index (χ0v) is 20.7. The fraction of sp³-hybridized carbons (Fsp3) is 0.0870. The number of thioether (sulfide) groups is 1. The van der Waals surface area contributed by atoms with Gasteiger partial charge in [0, 0.05) is 21.2 Å². The molecule has 0 aliphatic carbocycles. The minimum atomic E-state index is -0.881. The lowest BCUT2D eigenvalue weighted by atomic mass is 10.2.